The molecule has 1 amide bonds. The van der Waals surface area contributed by atoms with E-state index >= 15 is 0 Å². The molecule has 0 aliphatic heterocycles. The number of nitriles is 2. The molecule has 142 valence electrons. The minimum atomic E-state index is -0.562. The van der Waals surface area contributed by atoms with Gasteiger partial charge in [0.1, 0.15) is 5.69 Å². The molecule has 7 heteroatoms. The average Bonchev–Trinajstić information content (AvgIpc) is 3.41. The van der Waals surface area contributed by atoms with Crippen LogP contribution in [0.5, 0.6) is 0 Å². The zero-order valence-corrected chi connectivity index (χ0v) is 15.6. The van der Waals surface area contributed by atoms with Gasteiger partial charge in [-0.3, -0.25) is 4.79 Å². The number of hydrogen-bond acceptors (Lipinski definition) is 5. The fourth-order valence-corrected chi connectivity index (χ4v) is 3.99. The van der Waals surface area contributed by atoms with Gasteiger partial charge in [0.05, 0.1) is 29.9 Å². The number of carbonyl (C=O) groups excluding carboxylic acids is 1. The lowest BCUT2D eigenvalue weighted by Gasteiger charge is -2.29. The molecule has 7 nitrogen and oxygen atoms in total. The van der Waals surface area contributed by atoms with Crippen LogP contribution in [0.3, 0.4) is 0 Å². The van der Waals surface area contributed by atoms with Crippen LogP contribution >= 0.6 is 0 Å². The standard InChI is InChI=1S/C21H22N6O/c22-12-15-5-4-8-17(11-15)20(28)24-19(16-6-2-1-3-7-16)18-13-27(26-25-18)21(14-23)9-10-21/h4-5,8,11,13,16,19H,1-3,6-7,9-10H2,(H,24,28). The molecule has 0 radical (unpaired) electrons. The Kier molecular flexibility index (Phi) is 4.83. The highest BCUT2D eigenvalue weighted by atomic mass is 16.1. The molecule has 4 rings (SSSR count). The molecule has 1 unspecified atom stereocenters. The molecular formula is C21H22N6O. The first kappa shape index (κ1) is 18.2. The van der Waals surface area contributed by atoms with Gasteiger partial charge in [-0.2, -0.15) is 10.5 Å². The number of rotatable bonds is 5. The van der Waals surface area contributed by atoms with Crippen LogP contribution in [0.2, 0.25) is 0 Å². The van der Waals surface area contributed by atoms with Crippen LogP contribution in [0.25, 0.3) is 0 Å². The van der Waals surface area contributed by atoms with Crippen molar-refractivity contribution in [2.24, 2.45) is 5.92 Å². The Balaban J connectivity index is 1.60. The fourth-order valence-electron chi connectivity index (χ4n) is 3.99. The number of nitrogens with zero attached hydrogens (tertiary/aromatic N) is 5. The third-order valence-corrected chi connectivity index (χ3v) is 5.86. The highest BCUT2D eigenvalue weighted by Crippen LogP contribution is 2.42. The van der Waals surface area contributed by atoms with Crippen LogP contribution in [0.15, 0.2) is 30.5 Å². The number of benzene rings is 1. The number of aromatic nitrogens is 3. The normalized spacial score (nSPS) is 19.2. The molecule has 0 spiro atoms. The van der Waals surface area contributed by atoms with Crippen LogP contribution in [0, 0.1) is 28.6 Å². The summed E-state index contributed by atoms with van der Waals surface area (Å²) in [4.78, 5) is 12.9. The number of nitrogens with one attached hydrogen (secondary N) is 1. The van der Waals surface area contributed by atoms with Gasteiger partial charge >= 0.3 is 0 Å². The Morgan fingerprint density at radius 1 is 1.25 bits per heavy atom. The van der Waals surface area contributed by atoms with Gasteiger partial charge in [-0.25, -0.2) is 4.68 Å². The van der Waals surface area contributed by atoms with Crippen molar-refractivity contribution >= 4 is 5.91 Å². The lowest BCUT2D eigenvalue weighted by molar-refractivity contribution is 0.0911. The van der Waals surface area contributed by atoms with E-state index in [1.807, 2.05) is 6.20 Å². The zero-order chi connectivity index (χ0) is 19.6. The Morgan fingerprint density at radius 2 is 2.04 bits per heavy atom. The number of amides is 1. The summed E-state index contributed by atoms with van der Waals surface area (Å²) in [6, 6.07) is 10.8. The number of carbonyl (C=O) groups is 1. The van der Waals surface area contributed by atoms with Gasteiger partial charge in [0.25, 0.3) is 5.91 Å². The highest BCUT2D eigenvalue weighted by molar-refractivity contribution is 5.94. The third kappa shape index (κ3) is 3.48. The maximum absolute atomic E-state index is 12.9. The van der Waals surface area contributed by atoms with E-state index in [0.717, 1.165) is 38.5 Å². The molecule has 2 aliphatic rings. The third-order valence-electron chi connectivity index (χ3n) is 5.86. The molecule has 1 aromatic carbocycles. The maximum Gasteiger partial charge on any atom is 0.251 e. The van der Waals surface area contributed by atoms with E-state index in [1.165, 1.54) is 6.42 Å². The lowest BCUT2D eigenvalue weighted by atomic mass is 9.82. The predicted octanol–water partition coefficient (Wildman–Crippen LogP) is 3.21. The molecule has 1 atom stereocenters. The van der Waals surface area contributed by atoms with Crippen molar-refractivity contribution in [2.75, 3.05) is 0 Å². The second-order valence-electron chi connectivity index (χ2n) is 7.77. The summed E-state index contributed by atoms with van der Waals surface area (Å²) in [7, 11) is 0. The Hall–Kier alpha value is -3.19. The molecule has 2 aliphatic carbocycles. The van der Waals surface area contributed by atoms with E-state index in [-0.39, 0.29) is 11.9 Å². The minimum Gasteiger partial charge on any atom is -0.343 e. The van der Waals surface area contributed by atoms with Gasteiger partial charge < -0.3 is 5.32 Å². The monoisotopic (exact) mass is 374 g/mol. The minimum absolute atomic E-state index is 0.219. The van der Waals surface area contributed by atoms with Gasteiger partial charge in [-0.1, -0.05) is 30.5 Å². The van der Waals surface area contributed by atoms with E-state index in [1.54, 1.807) is 28.9 Å². The van der Waals surface area contributed by atoms with Crippen molar-refractivity contribution in [3.8, 4) is 12.1 Å². The van der Waals surface area contributed by atoms with Crippen molar-refractivity contribution in [3.63, 3.8) is 0 Å². The Morgan fingerprint density at radius 3 is 2.71 bits per heavy atom. The van der Waals surface area contributed by atoms with Gasteiger partial charge in [-0.05, 0) is 49.8 Å². The van der Waals surface area contributed by atoms with Crippen molar-refractivity contribution in [1.29, 1.82) is 10.5 Å². The van der Waals surface area contributed by atoms with E-state index in [0.29, 0.717) is 22.7 Å². The van der Waals surface area contributed by atoms with Gasteiger partial charge in [0.15, 0.2) is 5.54 Å². The summed E-state index contributed by atoms with van der Waals surface area (Å²) >= 11 is 0. The first-order valence-electron chi connectivity index (χ1n) is 9.80. The lowest BCUT2D eigenvalue weighted by Crippen LogP contribution is -2.34. The van der Waals surface area contributed by atoms with Crippen LogP contribution < -0.4 is 5.32 Å². The first-order chi connectivity index (χ1) is 13.6. The molecular weight excluding hydrogens is 352 g/mol. The molecule has 1 heterocycles. The van der Waals surface area contributed by atoms with Crippen molar-refractivity contribution in [3.05, 3.63) is 47.3 Å². The second-order valence-corrected chi connectivity index (χ2v) is 7.77. The summed E-state index contributed by atoms with van der Waals surface area (Å²) < 4.78 is 1.65. The van der Waals surface area contributed by atoms with Gasteiger partial charge in [0.2, 0.25) is 0 Å². The fraction of sp³-hybridized carbons (Fsp3) is 0.476. The van der Waals surface area contributed by atoms with Crippen molar-refractivity contribution in [1.82, 2.24) is 20.3 Å². The topological polar surface area (TPSA) is 107 Å². The van der Waals surface area contributed by atoms with E-state index in [2.05, 4.69) is 27.8 Å². The van der Waals surface area contributed by atoms with Gasteiger partial charge in [0, 0.05) is 5.56 Å². The molecule has 0 saturated heterocycles. The van der Waals surface area contributed by atoms with Crippen LogP contribution in [0.4, 0.5) is 0 Å². The molecule has 1 aromatic heterocycles. The summed E-state index contributed by atoms with van der Waals surface area (Å²) in [5, 5.41) is 30.1. The smallest absolute Gasteiger partial charge is 0.251 e. The Labute approximate surface area is 164 Å². The summed E-state index contributed by atoms with van der Waals surface area (Å²) in [5.41, 5.74) is 1.06. The number of hydrogen-bond donors (Lipinski definition) is 1. The molecule has 2 aromatic rings. The summed E-state index contributed by atoms with van der Waals surface area (Å²) in [6.07, 6.45) is 8.93. The maximum atomic E-state index is 12.9. The molecule has 0 bridgehead atoms. The SMILES string of the molecule is N#Cc1cccc(C(=O)NC(c2cn(C3(C#N)CC3)nn2)C2CCCCC2)c1. The van der Waals surface area contributed by atoms with Crippen LogP contribution in [0.1, 0.15) is 72.6 Å². The van der Waals surface area contributed by atoms with E-state index in [4.69, 9.17) is 5.26 Å². The first-order valence-corrected chi connectivity index (χ1v) is 9.80. The van der Waals surface area contributed by atoms with E-state index in [9.17, 15) is 10.1 Å². The molecule has 1 N–H and O–H groups in total. The largest absolute Gasteiger partial charge is 0.343 e. The Bertz CT molecular complexity index is 956. The second kappa shape index (κ2) is 7.44. The van der Waals surface area contributed by atoms with Crippen LogP contribution in [-0.4, -0.2) is 20.9 Å². The summed E-state index contributed by atoms with van der Waals surface area (Å²) in [5.74, 6) is 0.0721. The van der Waals surface area contributed by atoms with Crippen molar-refractivity contribution < 1.29 is 4.79 Å². The molecule has 2 saturated carbocycles. The van der Waals surface area contributed by atoms with E-state index < -0.39 is 5.54 Å². The zero-order valence-electron chi connectivity index (χ0n) is 15.6. The van der Waals surface area contributed by atoms with Crippen LogP contribution in [-0.2, 0) is 5.54 Å². The average molecular weight is 374 g/mol. The summed E-state index contributed by atoms with van der Waals surface area (Å²) in [6.45, 7) is 0. The highest BCUT2D eigenvalue weighted by Gasteiger charge is 2.47. The quantitative estimate of drug-likeness (QED) is 0.864. The molecule has 28 heavy (non-hydrogen) atoms. The predicted molar refractivity (Wildman–Crippen MR) is 101 cm³/mol. The van der Waals surface area contributed by atoms with Gasteiger partial charge in [-0.15, -0.1) is 5.10 Å². The van der Waals surface area contributed by atoms with Crippen molar-refractivity contribution in [2.45, 2.75) is 56.5 Å². The molecule has 2 fully saturated rings.